The highest BCUT2D eigenvalue weighted by atomic mass is 32.1. The molecule has 0 aliphatic heterocycles. The molecule has 1 unspecified atom stereocenters. The van der Waals surface area contributed by atoms with E-state index in [1.165, 1.54) is 16.9 Å². The van der Waals surface area contributed by atoms with Crippen LogP contribution in [-0.4, -0.2) is 34.8 Å². The molecule has 0 bridgehead atoms. The largest absolute Gasteiger partial charge is 0.379 e. The van der Waals surface area contributed by atoms with Crippen LogP contribution in [0.2, 0.25) is 0 Å². The second kappa shape index (κ2) is 9.30. The number of nitrogens with zero attached hydrogens (tertiary/aromatic N) is 2. The molecule has 0 saturated carbocycles. The maximum absolute atomic E-state index is 13.0. The van der Waals surface area contributed by atoms with E-state index in [0.29, 0.717) is 19.2 Å². The maximum Gasteiger partial charge on any atom is 0.262 e. The van der Waals surface area contributed by atoms with Gasteiger partial charge in [-0.05, 0) is 64.0 Å². The molecule has 2 aromatic rings. The Balaban J connectivity index is 1.70. The number of fused-ring (bicyclic) bond motifs is 3. The van der Waals surface area contributed by atoms with Gasteiger partial charge in [0.2, 0.25) is 0 Å². The summed E-state index contributed by atoms with van der Waals surface area (Å²) in [5.41, 5.74) is 1.37. The molecule has 6 heteroatoms. The molecule has 5 nitrogen and oxygen atoms in total. The number of rotatable bonds is 9. The zero-order valence-corrected chi connectivity index (χ0v) is 17.9. The number of hydrogen-bond donors (Lipinski definition) is 1. The second-order valence-electron chi connectivity index (χ2n) is 8.28. The predicted molar refractivity (Wildman–Crippen MR) is 113 cm³/mol. The number of thiophene rings is 1. The minimum absolute atomic E-state index is 0.119. The first kappa shape index (κ1) is 20.5. The minimum atomic E-state index is 0.119. The molecule has 1 aliphatic carbocycles. The first-order valence-electron chi connectivity index (χ1n) is 10.3. The van der Waals surface area contributed by atoms with Crippen molar-refractivity contribution in [3.05, 3.63) is 27.1 Å². The first-order chi connectivity index (χ1) is 13.0. The summed E-state index contributed by atoms with van der Waals surface area (Å²) >= 11 is 1.71. The molecular weight excluding hydrogens is 358 g/mol. The fourth-order valence-electron chi connectivity index (χ4n) is 3.66. The van der Waals surface area contributed by atoms with Crippen LogP contribution in [0.25, 0.3) is 10.2 Å². The monoisotopic (exact) mass is 391 g/mol. The summed E-state index contributed by atoms with van der Waals surface area (Å²) in [4.78, 5) is 19.8. The smallest absolute Gasteiger partial charge is 0.262 e. The Morgan fingerprint density at radius 1 is 1.37 bits per heavy atom. The molecule has 0 spiro atoms. The van der Waals surface area contributed by atoms with E-state index in [4.69, 9.17) is 4.74 Å². The lowest BCUT2D eigenvalue weighted by Gasteiger charge is -2.23. The highest BCUT2D eigenvalue weighted by Gasteiger charge is 2.24. The van der Waals surface area contributed by atoms with Crippen molar-refractivity contribution in [2.75, 3.05) is 13.2 Å². The van der Waals surface area contributed by atoms with Crippen LogP contribution in [0.4, 0.5) is 0 Å². The molecule has 1 N–H and O–H groups in total. The van der Waals surface area contributed by atoms with Gasteiger partial charge < -0.3 is 10.1 Å². The third-order valence-corrected chi connectivity index (χ3v) is 6.35. The van der Waals surface area contributed by atoms with Gasteiger partial charge >= 0.3 is 0 Å². The molecule has 0 radical (unpaired) electrons. The lowest BCUT2D eigenvalue weighted by atomic mass is 9.93. The average molecular weight is 392 g/mol. The first-order valence-corrected chi connectivity index (χ1v) is 11.1. The fourth-order valence-corrected chi connectivity index (χ4v) is 4.92. The Kier molecular flexibility index (Phi) is 7.06. The van der Waals surface area contributed by atoms with Crippen LogP contribution in [-0.2, 0) is 24.1 Å². The van der Waals surface area contributed by atoms with Gasteiger partial charge in [0.25, 0.3) is 5.56 Å². The SMILES string of the molecule is CC(C)CCNC1CCc2c(sc3ncn(CCCOC(C)C)c(=O)c23)C1. The molecule has 0 fully saturated rings. The van der Waals surface area contributed by atoms with Gasteiger partial charge in [-0.15, -0.1) is 11.3 Å². The molecule has 2 aromatic heterocycles. The van der Waals surface area contributed by atoms with Gasteiger partial charge in [-0.2, -0.15) is 0 Å². The molecule has 0 aromatic carbocycles. The average Bonchev–Trinajstić information content (AvgIpc) is 2.98. The second-order valence-corrected chi connectivity index (χ2v) is 9.36. The minimum Gasteiger partial charge on any atom is -0.379 e. The zero-order chi connectivity index (χ0) is 19.4. The highest BCUT2D eigenvalue weighted by Crippen LogP contribution is 2.33. The van der Waals surface area contributed by atoms with Crippen molar-refractivity contribution >= 4 is 21.6 Å². The van der Waals surface area contributed by atoms with Crippen LogP contribution in [0.5, 0.6) is 0 Å². The predicted octanol–water partition coefficient (Wildman–Crippen LogP) is 3.77. The number of aromatic nitrogens is 2. The van der Waals surface area contributed by atoms with Crippen molar-refractivity contribution in [3.8, 4) is 0 Å². The summed E-state index contributed by atoms with van der Waals surface area (Å²) in [5.74, 6) is 0.731. The Bertz CT molecular complexity index is 810. The van der Waals surface area contributed by atoms with Crippen molar-refractivity contribution in [3.63, 3.8) is 0 Å². The Labute approximate surface area is 166 Å². The van der Waals surface area contributed by atoms with Crippen LogP contribution < -0.4 is 10.9 Å². The van der Waals surface area contributed by atoms with Crippen molar-refractivity contribution in [1.29, 1.82) is 0 Å². The van der Waals surface area contributed by atoms with Gasteiger partial charge in [0.1, 0.15) is 4.83 Å². The topological polar surface area (TPSA) is 56.1 Å². The van der Waals surface area contributed by atoms with Crippen molar-refractivity contribution in [2.24, 2.45) is 5.92 Å². The third-order valence-electron chi connectivity index (χ3n) is 5.19. The van der Waals surface area contributed by atoms with Gasteiger partial charge in [0.15, 0.2) is 0 Å². The fraction of sp³-hybridized carbons (Fsp3) is 0.714. The van der Waals surface area contributed by atoms with Crippen molar-refractivity contribution < 1.29 is 4.74 Å². The van der Waals surface area contributed by atoms with Crippen LogP contribution in [0, 0.1) is 5.92 Å². The van der Waals surface area contributed by atoms with E-state index in [2.05, 4.69) is 24.1 Å². The molecule has 3 rings (SSSR count). The number of ether oxygens (including phenoxy) is 1. The quantitative estimate of drug-likeness (QED) is 0.661. The lowest BCUT2D eigenvalue weighted by molar-refractivity contribution is 0.0747. The maximum atomic E-state index is 13.0. The summed E-state index contributed by atoms with van der Waals surface area (Å²) in [5, 5.41) is 4.56. The molecule has 2 heterocycles. The summed E-state index contributed by atoms with van der Waals surface area (Å²) in [6.45, 7) is 11.0. The molecule has 0 saturated heterocycles. The highest BCUT2D eigenvalue weighted by molar-refractivity contribution is 7.18. The molecule has 0 amide bonds. The van der Waals surface area contributed by atoms with Gasteiger partial charge in [0.05, 0.1) is 17.8 Å². The van der Waals surface area contributed by atoms with Crippen LogP contribution in [0.3, 0.4) is 0 Å². The van der Waals surface area contributed by atoms with E-state index in [1.54, 1.807) is 22.2 Å². The Hall–Kier alpha value is -1.24. The molecule has 27 heavy (non-hydrogen) atoms. The van der Waals surface area contributed by atoms with E-state index in [1.807, 2.05) is 13.8 Å². The summed E-state index contributed by atoms with van der Waals surface area (Å²) in [6, 6.07) is 0.528. The summed E-state index contributed by atoms with van der Waals surface area (Å²) in [7, 11) is 0. The van der Waals surface area contributed by atoms with E-state index in [9.17, 15) is 4.79 Å². The van der Waals surface area contributed by atoms with E-state index >= 15 is 0 Å². The summed E-state index contributed by atoms with van der Waals surface area (Å²) < 4.78 is 7.34. The van der Waals surface area contributed by atoms with Crippen LogP contribution >= 0.6 is 11.3 Å². The third kappa shape index (κ3) is 5.18. The summed E-state index contributed by atoms with van der Waals surface area (Å²) in [6.07, 6.45) is 7.09. The van der Waals surface area contributed by atoms with Crippen LogP contribution in [0.15, 0.2) is 11.1 Å². The molecule has 150 valence electrons. The molecular formula is C21H33N3O2S. The normalized spacial score (nSPS) is 17.2. The van der Waals surface area contributed by atoms with Gasteiger partial charge in [-0.3, -0.25) is 9.36 Å². The van der Waals surface area contributed by atoms with E-state index in [0.717, 1.165) is 48.4 Å². The number of nitrogens with one attached hydrogen (secondary N) is 1. The molecule has 1 aliphatic rings. The van der Waals surface area contributed by atoms with E-state index < -0.39 is 0 Å². The Morgan fingerprint density at radius 2 is 2.19 bits per heavy atom. The van der Waals surface area contributed by atoms with E-state index in [-0.39, 0.29) is 11.7 Å². The number of aryl methyl sites for hydroxylation is 2. The van der Waals surface area contributed by atoms with Crippen LogP contribution in [0.1, 0.15) is 57.4 Å². The van der Waals surface area contributed by atoms with Gasteiger partial charge in [-0.25, -0.2) is 4.98 Å². The zero-order valence-electron chi connectivity index (χ0n) is 17.1. The van der Waals surface area contributed by atoms with Crippen molar-refractivity contribution in [2.45, 2.75) is 78.5 Å². The molecule has 1 atom stereocenters. The van der Waals surface area contributed by atoms with Gasteiger partial charge in [-0.1, -0.05) is 13.8 Å². The Morgan fingerprint density at radius 3 is 2.93 bits per heavy atom. The lowest BCUT2D eigenvalue weighted by Crippen LogP contribution is -2.35. The number of hydrogen-bond acceptors (Lipinski definition) is 5. The van der Waals surface area contributed by atoms with Gasteiger partial charge in [0, 0.05) is 24.1 Å². The standard InChI is InChI=1S/C21H33N3O2S/c1-14(2)8-9-22-16-6-7-17-18(12-16)27-20-19(17)21(25)24(13-23-20)10-5-11-26-15(3)4/h13-16,22H,5-12H2,1-4H3. The van der Waals surface area contributed by atoms with Crippen molar-refractivity contribution in [1.82, 2.24) is 14.9 Å².